The molecule has 0 radical (unpaired) electrons. The molecular formula is C29H35N3O4. The van der Waals surface area contributed by atoms with E-state index in [1.54, 1.807) is 6.26 Å². The molecule has 0 bridgehead atoms. The van der Waals surface area contributed by atoms with Crippen molar-refractivity contribution in [3.05, 3.63) is 89.4 Å². The maximum absolute atomic E-state index is 13.5. The Morgan fingerprint density at radius 2 is 1.75 bits per heavy atom. The molecule has 36 heavy (non-hydrogen) atoms. The number of amides is 1. The molecule has 1 amide bonds. The van der Waals surface area contributed by atoms with E-state index in [1.807, 2.05) is 35.2 Å². The molecule has 0 aliphatic carbocycles. The predicted molar refractivity (Wildman–Crippen MR) is 138 cm³/mol. The van der Waals surface area contributed by atoms with Crippen LogP contribution in [-0.2, 0) is 17.9 Å². The average Bonchev–Trinajstić information content (AvgIpc) is 3.35. The second-order valence-electron chi connectivity index (χ2n) is 9.63. The van der Waals surface area contributed by atoms with Crippen LogP contribution in [0.15, 0.2) is 71.3 Å². The maximum Gasteiger partial charge on any atom is 0.224 e. The molecule has 1 unspecified atom stereocenters. The molecule has 2 aromatic carbocycles. The zero-order valence-corrected chi connectivity index (χ0v) is 20.7. The summed E-state index contributed by atoms with van der Waals surface area (Å²) in [6.45, 7) is 7.39. The Hall–Kier alpha value is -3.13. The monoisotopic (exact) mass is 489 g/mol. The number of aliphatic hydroxyl groups is 1. The van der Waals surface area contributed by atoms with Crippen molar-refractivity contribution in [3.63, 3.8) is 0 Å². The van der Waals surface area contributed by atoms with E-state index in [0.717, 1.165) is 61.9 Å². The smallest absolute Gasteiger partial charge is 0.224 e. The number of hydrogen-bond acceptors (Lipinski definition) is 6. The minimum Gasteiger partial charge on any atom is -0.491 e. The lowest BCUT2D eigenvalue weighted by molar-refractivity contribution is -0.132. The van der Waals surface area contributed by atoms with Gasteiger partial charge in [-0.15, -0.1) is 0 Å². The number of ether oxygens (including phenoxy) is 1. The van der Waals surface area contributed by atoms with E-state index in [2.05, 4.69) is 40.1 Å². The summed E-state index contributed by atoms with van der Waals surface area (Å²) in [5.74, 6) is 1.66. The third kappa shape index (κ3) is 5.98. The first-order valence-corrected chi connectivity index (χ1v) is 12.9. The van der Waals surface area contributed by atoms with Gasteiger partial charge in [0.15, 0.2) is 0 Å². The first kappa shape index (κ1) is 24.6. The molecule has 2 aliphatic rings. The van der Waals surface area contributed by atoms with E-state index in [9.17, 15) is 4.79 Å². The van der Waals surface area contributed by atoms with Gasteiger partial charge in [-0.05, 0) is 35.4 Å². The Morgan fingerprint density at radius 1 is 0.944 bits per heavy atom. The van der Waals surface area contributed by atoms with Crippen molar-refractivity contribution in [1.29, 1.82) is 0 Å². The Morgan fingerprint density at radius 3 is 2.50 bits per heavy atom. The number of β-amino-alcohol motifs (C(OH)–C–C–N with tert-alkyl or cyclic N) is 1. The third-order valence-electron chi connectivity index (χ3n) is 7.21. The minimum absolute atomic E-state index is 0.0992. The van der Waals surface area contributed by atoms with Gasteiger partial charge in [0.1, 0.15) is 18.1 Å². The highest BCUT2D eigenvalue weighted by atomic mass is 16.5. The van der Waals surface area contributed by atoms with Crippen molar-refractivity contribution in [2.75, 3.05) is 52.5 Å². The highest BCUT2D eigenvalue weighted by molar-refractivity contribution is 5.78. The van der Waals surface area contributed by atoms with Gasteiger partial charge >= 0.3 is 0 Å². The number of hydrogen-bond donors (Lipinski definition) is 1. The molecule has 1 saturated heterocycles. The molecule has 1 fully saturated rings. The van der Waals surface area contributed by atoms with E-state index < -0.39 is 0 Å². The molecule has 2 aliphatic heterocycles. The zero-order chi connectivity index (χ0) is 24.7. The van der Waals surface area contributed by atoms with E-state index in [4.69, 9.17) is 14.3 Å². The Labute approximate surface area is 212 Å². The lowest BCUT2D eigenvalue weighted by Crippen LogP contribution is -2.46. The van der Waals surface area contributed by atoms with Crippen LogP contribution in [0.4, 0.5) is 0 Å². The van der Waals surface area contributed by atoms with Gasteiger partial charge in [0.25, 0.3) is 0 Å². The van der Waals surface area contributed by atoms with Crippen LogP contribution in [0.3, 0.4) is 0 Å². The maximum atomic E-state index is 13.5. The second kappa shape index (κ2) is 11.7. The summed E-state index contributed by atoms with van der Waals surface area (Å²) in [5, 5.41) is 9.17. The highest BCUT2D eigenvalue weighted by Crippen LogP contribution is 2.31. The quantitative estimate of drug-likeness (QED) is 0.524. The third-order valence-corrected chi connectivity index (χ3v) is 7.21. The standard InChI is InChI=1S/C29H35N3O4/c33-16-14-30-10-12-31(13-11-30)21-23-8-9-27-25(19-23)22-32(15-18-36-27)29(34)20-26(28-7-4-17-35-28)24-5-2-1-3-6-24/h1-9,17,19,26,33H,10-16,18,20-22H2. The van der Waals surface area contributed by atoms with Crippen molar-refractivity contribution in [3.8, 4) is 5.75 Å². The Balaban J connectivity index is 1.26. The van der Waals surface area contributed by atoms with Gasteiger partial charge in [0.05, 0.1) is 25.3 Å². The number of nitrogens with zero attached hydrogens (tertiary/aromatic N) is 3. The normalized spacial score (nSPS) is 17.8. The van der Waals surface area contributed by atoms with Gasteiger partial charge in [-0.3, -0.25) is 14.6 Å². The summed E-state index contributed by atoms with van der Waals surface area (Å²) in [6.07, 6.45) is 2.02. The van der Waals surface area contributed by atoms with E-state index in [-0.39, 0.29) is 18.4 Å². The van der Waals surface area contributed by atoms with Crippen molar-refractivity contribution >= 4 is 5.91 Å². The summed E-state index contributed by atoms with van der Waals surface area (Å²) >= 11 is 0. The molecule has 5 rings (SSSR count). The molecule has 1 atom stereocenters. The van der Waals surface area contributed by atoms with Crippen LogP contribution >= 0.6 is 0 Å². The van der Waals surface area contributed by atoms with E-state index in [1.165, 1.54) is 5.56 Å². The summed E-state index contributed by atoms with van der Waals surface area (Å²) < 4.78 is 11.7. The lowest BCUT2D eigenvalue weighted by atomic mass is 9.92. The SMILES string of the molecule is O=C(CC(c1ccccc1)c1ccco1)N1CCOc2ccc(CN3CCN(CCO)CC3)cc2C1. The number of benzene rings is 2. The molecule has 190 valence electrons. The lowest BCUT2D eigenvalue weighted by Gasteiger charge is -2.34. The molecule has 7 nitrogen and oxygen atoms in total. The fourth-order valence-corrected chi connectivity index (χ4v) is 5.19. The summed E-state index contributed by atoms with van der Waals surface area (Å²) in [7, 11) is 0. The van der Waals surface area contributed by atoms with Crippen molar-refractivity contribution < 1.29 is 19.1 Å². The van der Waals surface area contributed by atoms with Gasteiger partial charge in [-0.2, -0.15) is 0 Å². The van der Waals surface area contributed by atoms with Gasteiger partial charge in [0.2, 0.25) is 5.91 Å². The van der Waals surface area contributed by atoms with Crippen LogP contribution in [0.25, 0.3) is 0 Å². The Kier molecular flexibility index (Phi) is 8.01. The molecule has 0 spiro atoms. The number of piperazine rings is 1. The largest absolute Gasteiger partial charge is 0.491 e. The first-order chi connectivity index (χ1) is 17.7. The number of furan rings is 1. The topological polar surface area (TPSA) is 69.4 Å². The fourth-order valence-electron chi connectivity index (χ4n) is 5.19. The molecular weight excluding hydrogens is 454 g/mol. The predicted octanol–water partition coefficient (Wildman–Crippen LogP) is 3.33. The van der Waals surface area contributed by atoms with Gasteiger partial charge in [-0.1, -0.05) is 36.4 Å². The van der Waals surface area contributed by atoms with Crippen LogP contribution in [0.2, 0.25) is 0 Å². The molecule has 0 saturated carbocycles. The summed E-state index contributed by atoms with van der Waals surface area (Å²) in [6, 6.07) is 20.3. The Bertz CT molecular complexity index is 1110. The number of fused-ring (bicyclic) bond motifs is 1. The molecule has 3 aromatic rings. The van der Waals surface area contributed by atoms with Gasteiger partial charge in [0, 0.05) is 57.8 Å². The molecule has 7 heteroatoms. The number of carbonyl (C=O) groups excluding carboxylic acids is 1. The minimum atomic E-state index is -0.117. The number of rotatable bonds is 8. The van der Waals surface area contributed by atoms with Crippen molar-refractivity contribution in [2.45, 2.75) is 25.4 Å². The number of carbonyl (C=O) groups is 1. The van der Waals surface area contributed by atoms with Crippen molar-refractivity contribution in [2.24, 2.45) is 0 Å². The van der Waals surface area contributed by atoms with E-state index in [0.29, 0.717) is 26.1 Å². The van der Waals surface area contributed by atoms with E-state index >= 15 is 0 Å². The van der Waals surface area contributed by atoms with Gasteiger partial charge in [-0.25, -0.2) is 0 Å². The molecule has 1 aromatic heterocycles. The van der Waals surface area contributed by atoms with Crippen molar-refractivity contribution in [1.82, 2.24) is 14.7 Å². The average molecular weight is 490 g/mol. The van der Waals surface area contributed by atoms with Gasteiger partial charge < -0.3 is 19.2 Å². The van der Waals surface area contributed by atoms with Crippen LogP contribution in [-0.4, -0.2) is 78.2 Å². The fraction of sp³-hybridized carbons (Fsp3) is 0.414. The second-order valence-corrected chi connectivity index (χ2v) is 9.63. The summed E-state index contributed by atoms with van der Waals surface area (Å²) in [4.78, 5) is 20.2. The van der Waals surface area contributed by atoms with Crippen LogP contribution in [0.5, 0.6) is 5.75 Å². The first-order valence-electron chi connectivity index (χ1n) is 12.9. The van der Waals surface area contributed by atoms with Crippen LogP contribution in [0, 0.1) is 0 Å². The zero-order valence-electron chi connectivity index (χ0n) is 20.7. The van der Waals surface area contributed by atoms with Crippen LogP contribution in [0.1, 0.15) is 34.8 Å². The number of aliphatic hydroxyl groups excluding tert-OH is 1. The summed E-state index contributed by atoms with van der Waals surface area (Å²) in [5.41, 5.74) is 3.38. The molecule has 1 N–H and O–H groups in total. The van der Waals surface area contributed by atoms with Crippen LogP contribution < -0.4 is 4.74 Å². The molecule has 3 heterocycles. The highest BCUT2D eigenvalue weighted by Gasteiger charge is 2.26.